The van der Waals surface area contributed by atoms with E-state index in [1.165, 1.54) is 0 Å². The van der Waals surface area contributed by atoms with Crippen molar-refractivity contribution in [3.8, 4) is 0 Å². The normalized spacial score (nSPS) is 21.9. The molecule has 1 aliphatic rings. The molecule has 1 fully saturated rings. The van der Waals surface area contributed by atoms with Crippen molar-refractivity contribution in [1.29, 1.82) is 0 Å². The molecule has 2 atom stereocenters. The summed E-state index contributed by atoms with van der Waals surface area (Å²) in [5, 5.41) is 2.90. The summed E-state index contributed by atoms with van der Waals surface area (Å²) in [6.45, 7) is 2.69. The Balaban J connectivity index is 1.78. The van der Waals surface area contributed by atoms with Gasteiger partial charge in [-0.3, -0.25) is 4.79 Å². The van der Waals surface area contributed by atoms with Crippen molar-refractivity contribution in [2.24, 2.45) is 0 Å². The molecular formula is C11H17N3O2. The largest absolute Gasteiger partial charge is 0.378 e. The van der Waals surface area contributed by atoms with Crippen LogP contribution in [-0.4, -0.2) is 28.6 Å². The predicted molar refractivity (Wildman–Crippen MR) is 58.7 cm³/mol. The highest BCUT2D eigenvalue weighted by atomic mass is 16.5. The third kappa shape index (κ3) is 2.82. The molecule has 5 heteroatoms. The number of carbonyl (C=O) groups excluding carboxylic acids is 1. The van der Waals surface area contributed by atoms with Crippen LogP contribution >= 0.6 is 0 Å². The molecule has 0 bridgehead atoms. The Hall–Kier alpha value is -1.36. The Morgan fingerprint density at radius 1 is 1.81 bits per heavy atom. The Morgan fingerprint density at radius 2 is 2.69 bits per heavy atom. The molecular weight excluding hydrogens is 206 g/mol. The molecule has 88 valence electrons. The van der Waals surface area contributed by atoms with Crippen LogP contribution in [0.3, 0.4) is 0 Å². The SMILES string of the molecule is CC(NC(=O)CC1CCCO1)c1ncc[nH]1. The van der Waals surface area contributed by atoms with E-state index in [4.69, 9.17) is 4.74 Å². The predicted octanol–water partition coefficient (Wildman–Crippen LogP) is 1.16. The molecule has 1 aromatic rings. The first-order chi connectivity index (χ1) is 7.75. The summed E-state index contributed by atoms with van der Waals surface area (Å²) in [5.41, 5.74) is 0. The summed E-state index contributed by atoms with van der Waals surface area (Å²) in [7, 11) is 0. The van der Waals surface area contributed by atoms with E-state index < -0.39 is 0 Å². The maximum Gasteiger partial charge on any atom is 0.223 e. The number of imidazole rings is 1. The third-order valence-electron chi connectivity index (χ3n) is 2.74. The summed E-state index contributed by atoms with van der Waals surface area (Å²) >= 11 is 0. The highest BCUT2D eigenvalue weighted by Gasteiger charge is 2.20. The number of carbonyl (C=O) groups is 1. The first kappa shape index (κ1) is 11.1. The highest BCUT2D eigenvalue weighted by Crippen LogP contribution is 2.15. The maximum atomic E-state index is 11.7. The van der Waals surface area contributed by atoms with Crippen LogP contribution in [0.1, 0.15) is 38.1 Å². The van der Waals surface area contributed by atoms with Gasteiger partial charge in [0.2, 0.25) is 5.91 Å². The lowest BCUT2D eigenvalue weighted by Gasteiger charge is -2.13. The highest BCUT2D eigenvalue weighted by molar-refractivity contribution is 5.76. The minimum Gasteiger partial charge on any atom is -0.378 e. The molecule has 0 aromatic carbocycles. The topological polar surface area (TPSA) is 67.0 Å². The van der Waals surface area contributed by atoms with Crippen LogP contribution in [0.5, 0.6) is 0 Å². The lowest BCUT2D eigenvalue weighted by Crippen LogP contribution is -2.30. The molecule has 0 aliphatic carbocycles. The molecule has 0 saturated carbocycles. The van der Waals surface area contributed by atoms with Crippen molar-refractivity contribution in [1.82, 2.24) is 15.3 Å². The zero-order chi connectivity index (χ0) is 11.4. The second-order valence-corrected chi connectivity index (χ2v) is 4.10. The van der Waals surface area contributed by atoms with Crippen molar-refractivity contribution in [2.45, 2.75) is 38.3 Å². The first-order valence-electron chi connectivity index (χ1n) is 5.66. The maximum absolute atomic E-state index is 11.7. The Kier molecular flexibility index (Phi) is 3.56. The van der Waals surface area contributed by atoms with Crippen molar-refractivity contribution >= 4 is 5.91 Å². The van der Waals surface area contributed by atoms with Crippen LogP contribution in [0, 0.1) is 0 Å². The molecule has 1 amide bonds. The minimum absolute atomic E-state index is 0.0239. The molecule has 1 aliphatic heterocycles. The van der Waals surface area contributed by atoms with Gasteiger partial charge >= 0.3 is 0 Å². The van der Waals surface area contributed by atoms with Gasteiger partial charge < -0.3 is 15.0 Å². The van der Waals surface area contributed by atoms with E-state index in [2.05, 4.69) is 15.3 Å². The molecule has 5 nitrogen and oxygen atoms in total. The molecule has 1 aromatic heterocycles. The number of H-pyrrole nitrogens is 1. The van der Waals surface area contributed by atoms with Crippen molar-refractivity contribution in [3.63, 3.8) is 0 Å². The monoisotopic (exact) mass is 223 g/mol. The molecule has 16 heavy (non-hydrogen) atoms. The molecule has 2 heterocycles. The van der Waals surface area contributed by atoms with E-state index in [0.717, 1.165) is 25.3 Å². The van der Waals surface area contributed by atoms with Gasteiger partial charge in [-0.1, -0.05) is 0 Å². The van der Waals surface area contributed by atoms with Crippen molar-refractivity contribution < 1.29 is 9.53 Å². The second kappa shape index (κ2) is 5.12. The minimum atomic E-state index is -0.0797. The van der Waals surface area contributed by atoms with Gasteiger partial charge in [0.05, 0.1) is 18.6 Å². The molecule has 1 saturated heterocycles. The van der Waals surface area contributed by atoms with Crippen molar-refractivity contribution in [3.05, 3.63) is 18.2 Å². The number of rotatable bonds is 4. The molecule has 2 N–H and O–H groups in total. The van der Waals surface area contributed by atoms with Crippen LogP contribution in [0.2, 0.25) is 0 Å². The summed E-state index contributed by atoms with van der Waals surface area (Å²) in [4.78, 5) is 18.8. The van der Waals surface area contributed by atoms with E-state index in [9.17, 15) is 4.79 Å². The molecule has 2 unspecified atom stereocenters. The average Bonchev–Trinajstić information content (AvgIpc) is 2.88. The van der Waals surface area contributed by atoms with Crippen LogP contribution < -0.4 is 5.32 Å². The first-order valence-corrected chi connectivity index (χ1v) is 5.66. The van der Waals surface area contributed by atoms with Gasteiger partial charge in [0, 0.05) is 19.0 Å². The summed E-state index contributed by atoms with van der Waals surface area (Å²) in [6, 6.07) is -0.0797. The van der Waals surface area contributed by atoms with E-state index in [-0.39, 0.29) is 18.1 Å². The summed E-state index contributed by atoms with van der Waals surface area (Å²) < 4.78 is 5.41. The second-order valence-electron chi connectivity index (χ2n) is 4.10. The fourth-order valence-electron chi connectivity index (χ4n) is 1.90. The lowest BCUT2D eigenvalue weighted by molar-refractivity contribution is -0.123. The quantitative estimate of drug-likeness (QED) is 0.804. The van der Waals surface area contributed by atoms with E-state index >= 15 is 0 Å². The van der Waals surface area contributed by atoms with Gasteiger partial charge in [0.25, 0.3) is 0 Å². The zero-order valence-corrected chi connectivity index (χ0v) is 9.40. The van der Waals surface area contributed by atoms with E-state index in [1.807, 2.05) is 6.92 Å². The lowest BCUT2D eigenvalue weighted by atomic mass is 10.1. The number of hydrogen-bond donors (Lipinski definition) is 2. The van der Waals surface area contributed by atoms with Crippen LogP contribution in [0.4, 0.5) is 0 Å². The number of nitrogens with zero attached hydrogens (tertiary/aromatic N) is 1. The van der Waals surface area contributed by atoms with Gasteiger partial charge in [-0.15, -0.1) is 0 Å². The Bertz CT molecular complexity index is 331. The molecule has 0 spiro atoms. The van der Waals surface area contributed by atoms with Gasteiger partial charge in [-0.2, -0.15) is 0 Å². The van der Waals surface area contributed by atoms with Gasteiger partial charge in [0.15, 0.2) is 0 Å². The summed E-state index contributed by atoms with van der Waals surface area (Å²) in [6.07, 6.45) is 6.03. The van der Waals surface area contributed by atoms with Gasteiger partial charge in [-0.05, 0) is 19.8 Å². The number of aromatic amines is 1. The Labute approximate surface area is 94.6 Å². The number of nitrogens with one attached hydrogen (secondary N) is 2. The van der Waals surface area contributed by atoms with Crippen molar-refractivity contribution in [2.75, 3.05) is 6.61 Å². The van der Waals surface area contributed by atoms with E-state index in [1.54, 1.807) is 12.4 Å². The standard InChI is InChI=1S/C11H17N3O2/c1-8(11-12-4-5-13-11)14-10(15)7-9-3-2-6-16-9/h4-5,8-9H,2-3,6-7H2,1H3,(H,12,13)(H,14,15). The fraction of sp³-hybridized carbons (Fsp3) is 0.636. The van der Waals surface area contributed by atoms with Crippen LogP contribution in [-0.2, 0) is 9.53 Å². The number of aromatic nitrogens is 2. The zero-order valence-electron chi connectivity index (χ0n) is 9.40. The number of amides is 1. The smallest absolute Gasteiger partial charge is 0.223 e. The van der Waals surface area contributed by atoms with Gasteiger partial charge in [0.1, 0.15) is 5.82 Å². The number of hydrogen-bond acceptors (Lipinski definition) is 3. The fourth-order valence-corrected chi connectivity index (χ4v) is 1.90. The molecule has 2 rings (SSSR count). The van der Waals surface area contributed by atoms with E-state index in [0.29, 0.717) is 6.42 Å². The van der Waals surface area contributed by atoms with Gasteiger partial charge in [-0.25, -0.2) is 4.98 Å². The number of ether oxygens (including phenoxy) is 1. The third-order valence-corrected chi connectivity index (χ3v) is 2.74. The van der Waals surface area contributed by atoms with Crippen LogP contribution in [0.25, 0.3) is 0 Å². The summed E-state index contributed by atoms with van der Waals surface area (Å²) in [5.74, 6) is 0.802. The average molecular weight is 223 g/mol. The Morgan fingerprint density at radius 3 is 3.31 bits per heavy atom. The van der Waals surface area contributed by atoms with Crippen LogP contribution in [0.15, 0.2) is 12.4 Å². The molecule has 0 radical (unpaired) electrons.